The second-order valence-corrected chi connectivity index (χ2v) is 10.8. The Labute approximate surface area is 225 Å². The van der Waals surface area contributed by atoms with Crippen molar-refractivity contribution in [1.29, 1.82) is 0 Å². The molecule has 0 saturated carbocycles. The Morgan fingerprint density at radius 3 is 2.59 bits per heavy atom. The Kier molecular flexibility index (Phi) is 6.91. The molecule has 3 aromatic carbocycles. The summed E-state index contributed by atoms with van der Waals surface area (Å²) in [5.41, 5.74) is 3.64. The third-order valence-corrected chi connectivity index (χ3v) is 7.12. The zero-order valence-corrected chi connectivity index (χ0v) is 21.7. The van der Waals surface area contributed by atoms with Crippen molar-refractivity contribution in [2.75, 3.05) is 16.8 Å². The Hall–Kier alpha value is -4.53. The summed E-state index contributed by atoms with van der Waals surface area (Å²) in [6.45, 7) is 4.17. The van der Waals surface area contributed by atoms with Crippen LogP contribution in [0.3, 0.4) is 0 Å². The van der Waals surface area contributed by atoms with E-state index in [1.54, 1.807) is 24.3 Å². The maximum atomic E-state index is 13.7. The number of carbonyl (C=O) groups is 2. The monoisotopic (exact) mass is 528 g/mol. The van der Waals surface area contributed by atoms with E-state index in [1.807, 2.05) is 43.0 Å². The van der Waals surface area contributed by atoms with Gasteiger partial charge in [-0.25, -0.2) is 4.39 Å². The number of hydrogen-bond acceptors (Lipinski definition) is 6. The molecular weight excluding hydrogens is 499 g/mol. The van der Waals surface area contributed by atoms with Crippen LogP contribution in [0.4, 0.5) is 21.5 Å². The summed E-state index contributed by atoms with van der Waals surface area (Å²) < 4.78 is 13.3. The highest BCUT2D eigenvalue weighted by Crippen LogP contribution is 2.48. The van der Waals surface area contributed by atoms with Crippen LogP contribution in [0.5, 0.6) is 0 Å². The number of halogens is 1. The molecule has 1 atom stereocenters. The van der Waals surface area contributed by atoms with Crippen LogP contribution in [0.25, 0.3) is 0 Å². The van der Waals surface area contributed by atoms with E-state index in [9.17, 15) is 24.1 Å². The molecule has 39 heavy (non-hydrogen) atoms. The Morgan fingerprint density at radius 1 is 1.10 bits per heavy atom. The second kappa shape index (κ2) is 10.3. The average Bonchev–Trinajstić information content (AvgIpc) is 3.02. The van der Waals surface area contributed by atoms with Crippen molar-refractivity contribution in [2.45, 2.75) is 39.3 Å². The summed E-state index contributed by atoms with van der Waals surface area (Å²) in [4.78, 5) is 40.1. The molecule has 9 heteroatoms. The number of anilines is 2. The highest BCUT2D eigenvalue weighted by molar-refractivity contribution is 6.02. The number of nitrogens with one attached hydrogen (secondary N) is 2. The zero-order valence-electron chi connectivity index (χ0n) is 21.7. The first-order valence-electron chi connectivity index (χ1n) is 12.8. The number of allylic oxidation sites excluding steroid dienone is 1. The molecule has 0 fully saturated rings. The normalized spacial score (nSPS) is 18.0. The van der Waals surface area contributed by atoms with Crippen LogP contribution in [0.2, 0.25) is 0 Å². The predicted octanol–water partition coefficient (Wildman–Crippen LogP) is 5.67. The van der Waals surface area contributed by atoms with Crippen molar-refractivity contribution >= 4 is 28.8 Å². The number of carbonyl (C=O) groups excluding carboxylic acids is 2. The molecule has 2 N–H and O–H groups in total. The molecule has 0 spiro atoms. The van der Waals surface area contributed by atoms with Crippen molar-refractivity contribution in [3.8, 4) is 0 Å². The first kappa shape index (κ1) is 26.1. The number of rotatable bonds is 6. The topological polar surface area (TPSA) is 105 Å². The summed E-state index contributed by atoms with van der Waals surface area (Å²) in [5, 5.41) is 18.0. The van der Waals surface area contributed by atoms with Crippen molar-refractivity contribution in [1.82, 2.24) is 5.32 Å². The molecule has 0 bridgehead atoms. The van der Waals surface area contributed by atoms with E-state index >= 15 is 0 Å². The highest BCUT2D eigenvalue weighted by atomic mass is 19.1. The lowest BCUT2D eigenvalue weighted by Gasteiger charge is -2.37. The van der Waals surface area contributed by atoms with Crippen molar-refractivity contribution in [3.63, 3.8) is 0 Å². The van der Waals surface area contributed by atoms with Crippen LogP contribution in [0.1, 0.15) is 43.9 Å². The number of hydrogen-bond donors (Lipinski definition) is 2. The van der Waals surface area contributed by atoms with Crippen molar-refractivity contribution in [2.24, 2.45) is 5.41 Å². The SMILES string of the molecule is CC1(C)CC(=O)C2=C(C1)Nc1ccccc1N(CC(=O)NCc1ccc(F)cc1)C2c1cccc([N+](=O)[O-])c1. The molecule has 0 radical (unpaired) electrons. The van der Waals surface area contributed by atoms with E-state index in [4.69, 9.17) is 0 Å². The molecule has 5 rings (SSSR count). The standard InChI is InChI=1S/C30H29FN4O4/c1-30(2)15-24-28(26(36)16-30)29(20-6-5-7-22(14-20)35(38)39)34(25-9-4-3-8-23(25)33-24)18-27(37)32-17-19-10-12-21(31)13-11-19/h3-14,29,33H,15-18H2,1-2H3,(H,32,37). The van der Waals surface area contributed by atoms with Gasteiger partial charge >= 0.3 is 0 Å². The van der Waals surface area contributed by atoms with Crippen LogP contribution in [0, 0.1) is 21.3 Å². The quantitative estimate of drug-likeness (QED) is 0.316. The number of fused-ring (bicyclic) bond motifs is 1. The van der Waals surface area contributed by atoms with E-state index in [0.717, 1.165) is 16.9 Å². The van der Waals surface area contributed by atoms with Gasteiger partial charge in [0.05, 0.1) is 28.9 Å². The van der Waals surface area contributed by atoms with Crippen LogP contribution in [0.15, 0.2) is 84.1 Å². The van der Waals surface area contributed by atoms with Gasteiger partial charge in [-0.1, -0.05) is 50.2 Å². The first-order chi connectivity index (χ1) is 18.6. The number of Topliss-reactive ketones (excluding diaryl/α,β-unsaturated/α-hetero) is 1. The minimum Gasteiger partial charge on any atom is -0.357 e. The second-order valence-electron chi connectivity index (χ2n) is 10.8. The number of para-hydroxylation sites is 2. The summed E-state index contributed by atoms with van der Waals surface area (Å²) in [6.07, 6.45) is 0.929. The Balaban J connectivity index is 1.59. The number of nitro groups is 1. The van der Waals surface area contributed by atoms with Gasteiger partial charge in [0.15, 0.2) is 5.78 Å². The van der Waals surface area contributed by atoms with Gasteiger partial charge in [0.1, 0.15) is 5.82 Å². The van der Waals surface area contributed by atoms with Crippen LogP contribution in [-0.2, 0) is 16.1 Å². The van der Waals surface area contributed by atoms with Gasteiger partial charge < -0.3 is 15.5 Å². The minimum absolute atomic E-state index is 0.0604. The lowest BCUT2D eigenvalue weighted by atomic mass is 9.73. The van der Waals surface area contributed by atoms with E-state index in [2.05, 4.69) is 10.6 Å². The molecule has 200 valence electrons. The van der Waals surface area contributed by atoms with Crippen molar-refractivity contribution < 1.29 is 18.9 Å². The maximum absolute atomic E-state index is 13.7. The molecule has 1 aliphatic heterocycles. The van der Waals surface area contributed by atoms with Gasteiger partial charge in [-0.05, 0) is 47.2 Å². The summed E-state index contributed by atoms with van der Waals surface area (Å²) in [7, 11) is 0. The average molecular weight is 529 g/mol. The van der Waals surface area contributed by atoms with Crippen LogP contribution < -0.4 is 15.5 Å². The van der Waals surface area contributed by atoms with Gasteiger partial charge in [0, 0.05) is 36.4 Å². The third-order valence-electron chi connectivity index (χ3n) is 7.12. The van der Waals surface area contributed by atoms with Crippen LogP contribution in [-0.4, -0.2) is 23.2 Å². The largest absolute Gasteiger partial charge is 0.357 e. The number of nitro benzene ring substituents is 1. The Bertz CT molecular complexity index is 1480. The molecule has 2 aliphatic rings. The van der Waals surface area contributed by atoms with Crippen molar-refractivity contribution in [3.05, 3.63) is 111 Å². The van der Waals surface area contributed by atoms with Gasteiger partial charge in [0.2, 0.25) is 5.91 Å². The molecule has 1 unspecified atom stereocenters. The summed E-state index contributed by atoms with van der Waals surface area (Å²) in [5.74, 6) is -0.727. The molecule has 1 heterocycles. The first-order valence-corrected chi connectivity index (χ1v) is 12.8. The van der Waals surface area contributed by atoms with Crippen LogP contribution >= 0.6 is 0 Å². The number of amides is 1. The molecule has 0 aromatic heterocycles. The molecule has 1 amide bonds. The van der Waals surface area contributed by atoms with E-state index in [1.165, 1.54) is 24.3 Å². The zero-order chi connectivity index (χ0) is 27.7. The lowest BCUT2D eigenvalue weighted by Crippen LogP contribution is -2.41. The van der Waals surface area contributed by atoms with Gasteiger partial charge in [-0.2, -0.15) is 0 Å². The molecule has 1 aliphatic carbocycles. The third kappa shape index (κ3) is 5.52. The van der Waals surface area contributed by atoms with Gasteiger partial charge in [-0.3, -0.25) is 19.7 Å². The number of non-ortho nitro benzene ring substituents is 1. The fourth-order valence-corrected chi connectivity index (χ4v) is 5.40. The van der Waals surface area contributed by atoms with E-state index in [0.29, 0.717) is 29.7 Å². The highest BCUT2D eigenvalue weighted by Gasteiger charge is 2.42. The number of nitrogens with zero attached hydrogens (tertiary/aromatic N) is 2. The number of ketones is 1. The summed E-state index contributed by atoms with van der Waals surface area (Å²) >= 11 is 0. The maximum Gasteiger partial charge on any atom is 0.269 e. The minimum atomic E-state index is -0.726. The fourth-order valence-electron chi connectivity index (χ4n) is 5.40. The van der Waals surface area contributed by atoms with E-state index < -0.39 is 11.0 Å². The summed E-state index contributed by atoms with van der Waals surface area (Å²) in [6, 6.07) is 18.9. The Morgan fingerprint density at radius 2 is 1.85 bits per heavy atom. The smallest absolute Gasteiger partial charge is 0.269 e. The molecular formula is C30H29FN4O4. The van der Waals surface area contributed by atoms with E-state index in [-0.39, 0.29) is 41.7 Å². The molecule has 3 aromatic rings. The lowest BCUT2D eigenvalue weighted by molar-refractivity contribution is -0.384. The molecule has 0 saturated heterocycles. The molecule has 8 nitrogen and oxygen atoms in total. The predicted molar refractivity (Wildman–Crippen MR) is 147 cm³/mol. The fraction of sp³-hybridized carbons (Fsp3) is 0.267. The number of benzene rings is 3. The van der Waals surface area contributed by atoms with Gasteiger partial charge in [-0.15, -0.1) is 0 Å². The van der Waals surface area contributed by atoms with Gasteiger partial charge in [0.25, 0.3) is 5.69 Å².